The van der Waals surface area contributed by atoms with Crippen molar-refractivity contribution in [2.75, 3.05) is 6.54 Å². The van der Waals surface area contributed by atoms with Crippen LogP contribution in [0.1, 0.15) is 36.1 Å². The number of aromatic nitrogens is 3. The number of para-hydroxylation sites is 1. The van der Waals surface area contributed by atoms with Gasteiger partial charge in [0.1, 0.15) is 11.6 Å². The molecule has 0 bridgehead atoms. The molecule has 34 heavy (non-hydrogen) atoms. The van der Waals surface area contributed by atoms with Crippen LogP contribution in [0.2, 0.25) is 0 Å². The van der Waals surface area contributed by atoms with Crippen LogP contribution >= 0.6 is 0 Å². The molecule has 2 aromatic heterocycles. The third-order valence-corrected chi connectivity index (χ3v) is 6.69. The van der Waals surface area contributed by atoms with Crippen molar-refractivity contribution in [3.8, 4) is 11.4 Å². The van der Waals surface area contributed by atoms with Crippen LogP contribution in [-0.4, -0.2) is 27.4 Å². The summed E-state index contributed by atoms with van der Waals surface area (Å²) in [6.07, 6.45) is 6.12. The van der Waals surface area contributed by atoms with Crippen LogP contribution in [-0.2, 0) is 24.1 Å². The first kappa shape index (κ1) is 22.1. The van der Waals surface area contributed by atoms with E-state index in [1.54, 1.807) is 12.1 Å². The standard InChI is InChI=1S/C27H27FN4O2/c28-20-10-7-18(8-11-20)26-31-24-13-6-17(5-12-22(24)27(34)32-26)15-30-25(33)14-9-19-16-29-23-4-2-1-3-21(19)23/h1-4,7-8,10-11,16-17,29H,5-6,9,12-15H2,(H,30,33)(H,31,32,34). The Morgan fingerprint density at radius 3 is 2.74 bits per heavy atom. The summed E-state index contributed by atoms with van der Waals surface area (Å²) in [5.41, 5.74) is 4.31. The van der Waals surface area contributed by atoms with Gasteiger partial charge in [-0.2, -0.15) is 0 Å². The Balaban J connectivity index is 1.17. The van der Waals surface area contributed by atoms with Gasteiger partial charge in [-0.05, 0) is 73.9 Å². The van der Waals surface area contributed by atoms with E-state index in [0.29, 0.717) is 49.5 Å². The van der Waals surface area contributed by atoms with Gasteiger partial charge in [-0.25, -0.2) is 9.37 Å². The molecule has 6 nitrogen and oxygen atoms in total. The Morgan fingerprint density at radius 1 is 1.09 bits per heavy atom. The fourth-order valence-corrected chi connectivity index (χ4v) is 4.72. The van der Waals surface area contributed by atoms with Gasteiger partial charge >= 0.3 is 0 Å². The van der Waals surface area contributed by atoms with Crippen molar-refractivity contribution >= 4 is 16.8 Å². The molecule has 1 amide bonds. The van der Waals surface area contributed by atoms with Crippen LogP contribution < -0.4 is 10.9 Å². The molecular formula is C27H27FN4O2. The van der Waals surface area contributed by atoms with E-state index >= 15 is 0 Å². The Labute approximate surface area is 196 Å². The van der Waals surface area contributed by atoms with Gasteiger partial charge in [-0.15, -0.1) is 0 Å². The third kappa shape index (κ3) is 4.78. The third-order valence-electron chi connectivity index (χ3n) is 6.69. The van der Waals surface area contributed by atoms with Gasteiger partial charge in [0.05, 0.1) is 5.69 Å². The predicted octanol–water partition coefficient (Wildman–Crippen LogP) is 4.30. The van der Waals surface area contributed by atoms with E-state index in [2.05, 4.69) is 26.3 Å². The lowest BCUT2D eigenvalue weighted by atomic mass is 9.99. The number of H-pyrrole nitrogens is 2. The minimum absolute atomic E-state index is 0.0432. The van der Waals surface area contributed by atoms with Crippen molar-refractivity contribution in [3.05, 3.63) is 87.7 Å². The number of rotatable bonds is 6. The summed E-state index contributed by atoms with van der Waals surface area (Å²) in [5, 5.41) is 4.25. The Bertz CT molecular complexity index is 1370. The zero-order valence-electron chi connectivity index (χ0n) is 18.9. The van der Waals surface area contributed by atoms with Crippen molar-refractivity contribution in [2.45, 2.75) is 38.5 Å². The van der Waals surface area contributed by atoms with Crippen LogP contribution in [0.4, 0.5) is 4.39 Å². The van der Waals surface area contributed by atoms with Crippen molar-refractivity contribution < 1.29 is 9.18 Å². The molecule has 0 saturated carbocycles. The number of carbonyl (C=O) groups excluding carboxylic acids is 1. The SMILES string of the molecule is O=C(CCc1c[nH]c2ccccc12)NCC1CCc2nc(-c3ccc(F)cc3)[nH]c(=O)c2CC1. The van der Waals surface area contributed by atoms with Gasteiger partial charge in [0, 0.05) is 41.2 Å². The molecule has 0 aliphatic heterocycles. The average molecular weight is 459 g/mol. The van der Waals surface area contributed by atoms with Crippen LogP contribution in [0.25, 0.3) is 22.3 Å². The normalized spacial score (nSPS) is 15.6. The summed E-state index contributed by atoms with van der Waals surface area (Å²) in [6.45, 7) is 0.601. The van der Waals surface area contributed by atoms with Gasteiger partial charge in [-0.3, -0.25) is 9.59 Å². The number of hydrogen-bond donors (Lipinski definition) is 3. The molecular weight excluding hydrogens is 431 g/mol. The number of hydrogen-bond acceptors (Lipinski definition) is 3. The molecule has 1 unspecified atom stereocenters. The maximum Gasteiger partial charge on any atom is 0.254 e. The summed E-state index contributed by atoms with van der Waals surface area (Å²) >= 11 is 0. The minimum Gasteiger partial charge on any atom is -0.361 e. The molecule has 3 N–H and O–H groups in total. The summed E-state index contributed by atoms with van der Waals surface area (Å²) in [5.74, 6) is 0.474. The monoisotopic (exact) mass is 458 g/mol. The van der Waals surface area contributed by atoms with Crippen LogP contribution in [0.5, 0.6) is 0 Å². The van der Waals surface area contributed by atoms with Gasteiger partial charge < -0.3 is 15.3 Å². The smallest absolute Gasteiger partial charge is 0.254 e. The molecule has 4 aromatic rings. The van der Waals surface area contributed by atoms with E-state index in [9.17, 15) is 14.0 Å². The first-order chi connectivity index (χ1) is 16.6. The van der Waals surface area contributed by atoms with E-state index in [-0.39, 0.29) is 17.3 Å². The highest BCUT2D eigenvalue weighted by Crippen LogP contribution is 2.24. The number of aryl methyl sites for hydroxylation is 2. The summed E-state index contributed by atoms with van der Waals surface area (Å²) in [6, 6.07) is 14.1. The highest BCUT2D eigenvalue weighted by molar-refractivity contribution is 5.84. The summed E-state index contributed by atoms with van der Waals surface area (Å²) < 4.78 is 13.2. The van der Waals surface area contributed by atoms with E-state index < -0.39 is 0 Å². The molecule has 0 saturated heterocycles. The topological polar surface area (TPSA) is 90.6 Å². The molecule has 5 rings (SSSR count). The predicted molar refractivity (Wildman–Crippen MR) is 130 cm³/mol. The Hall–Kier alpha value is -3.74. The van der Waals surface area contributed by atoms with E-state index in [4.69, 9.17) is 0 Å². The number of halogens is 1. The molecule has 7 heteroatoms. The van der Waals surface area contributed by atoms with Crippen molar-refractivity contribution in [3.63, 3.8) is 0 Å². The number of carbonyl (C=O) groups is 1. The summed E-state index contributed by atoms with van der Waals surface area (Å²) in [4.78, 5) is 36.0. The number of fused-ring (bicyclic) bond motifs is 2. The number of benzene rings is 2. The molecule has 1 atom stereocenters. The minimum atomic E-state index is -0.327. The number of nitrogens with one attached hydrogen (secondary N) is 3. The number of aromatic amines is 2. The van der Waals surface area contributed by atoms with E-state index in [1.807, 2.05) is 24.4 Å². The first-order valence-electron chi connectivity index (χ1n) is 11.8. The molecule has 1 aliphatic rings. The molecule has 2 aromatic carbocycles. The average Bonchev–Trinajstić information content (AvgIpc) is 3.14. The maximum atomic E-state index is 13.2. The highest BCUT2D eigenvalue weighted by atomic mass is 19.1. The largest absolute Gasteiger partial charge is 0.361 e. The van der Waals surface area contributed by atoms with Crippen molar-refractivity contribution in [1.29, 1.82) is 0 Å². The fourth-order valence-electron chi connectivity index (χ4n) is 4.72. The van der Waals surface area contributed by atoms with Gasteiger partial charge in [0.15, 0.2) is 0 Å². The van der Waals surface area contributed by atoms with E-state index in [0.717, 1.165) is 40.6 Å². The van der Waals surface area contributed by atoms with Gasteiger partial charge in [-0.1, -0.05) is 18.2 Å². The quantitative estimate of drug-likeness (QED) is 0.376. The Morgan fingerprint density at radius 2 is 1.88 bits per heavy atom. The van der Waals surface area contributed by atoms with E-state index in [1.165, 1.54) is 12.1 Å². The zero-order chi connectivity index (χ0) is 23.5. The Kier molecular flexibility index (Phi) is 6.25. The second-order valence-corrected chi connectivity index (χ2v) is 8.95. The molecule has 0 fully saturated rings. The van der Waals surface area contributed by atoms with Gasteiger partial charge in [0.25, 0.3) is 5.56 Å². The fraction of sp³-hybridized carbons (Fsp3) is 0.296. The van der Waals surface area contributed by atoms with Crippen LogP contribution in [0.3, 0.4) is 0 Å². The molecule has 1 aliphatic carbocycles. The van der Waals surface area contributed by atoms with Crippen LogP contribution in [0.15, 0.2) is 59.5 Å². The molecule has 0 radical (unpaired) electrons. The molecule has 2 heterocycles. The summed E-state index contributed by atoms with van der Waals surface area (Å²) in [7, 11) is 0. The highest BCUT2D eigenvalue weighted by Gasteiger charge is 2.21. The van der Waals surface area contributed by atoms with Crippen molar-refractivity contribution in [2.24, 2.45) is 5.92 Å². The lowest BCUT2D eigenvalue weighted by molar-refractivity contribution is -0.121. The second-order valence-electron chi connectivity index (χ2n) is 8.95. The number of nitrogens with zero attached hydrogens (tertiary/aromatic N) is 1. The number of amides is 1. The van der Waals surface area contributed by atoms with Gasteiger partial charge in [0.2, 0.25) is 5.91 Å². The lowest BCUT2D eigenvalue weighted by Crippen LogP contribution is -2.29. The van der Waals surface area contributed by atoms with Crippen LogP contribution in [0, 0.1) is 11.7 Å². The van der Waals surface area contributed by atoms with Crippen molar-refractivity contribution in [1.82, 2.24) is 20.3 Å². The zero-order valence-corrected chi connectivity index (χ0v) is 18.9. The maximum absolute atomic E-state index is 13.2. The second kappa shape index (κ2) is 9.63. The molecule has 0 spiro atoms. The molecule has 174 valence electrons. The lowest BCUT2D eigenvalue weighted by Gasteiger charge is -2.14. The first-order valence-corrected chi connectivity index (χ1v) is 11.8.